The van der Waals surface area contributed by atoms with Crippen molar-refractivity contribution >= 4 is 10.8 Å². The van der Waals surface area contributed by atoms with Crippen LogP contribution >= 0.6 is 0 Å². The van der Waals surface area contributed by atoms with Gasteiger partial charge in [-0.1, -0.05) is 20.3 Å². The van der Waals surface area contributed by atoms with Gasteiger partial charge in [0.1, 0.15) is 0 Å². The monoisotopic (exact) mass is 260 g/mol. The molecule has 1 aliphatic heterocycles. The molecule has 1 N–H and O–H groups in total. The molecule has 1 aliphatic rings. The second-order valence-corrected chi connectivity index (χ2v) is 7.17. The van der Waals surface area contributed by atoms with Crippen molar-refractivity contribution in [2.24, 2.45) is 5.92 Å². The van der Waals surface area contributed by atoms with Crippen molar-refractivity contribution in [3.05, 3.63) is 0 Å². The van der Waals surface area contributed by atoms with Gasteiger partial charge in [-0.05, 0) is 32.4 Å². The Balaban J connectivity index is 2.51. The van der Waals surface area contributed by atoms with Crippen LogP contribution in [0.1, 0.15) is 33.6 Å². The molecule has 0 spiro atoms. The van der Waals surface area contributed by atoms with Crippen LogP contribution in [0.4, 0.5) is 0 Å². The van der Waals surface area contributed by atoms with E-state index in [2.05, 4.69) is 31.0 Å². The molecule has 0 aromatic heterocycles. The Kier molecular flexibility index (Phi) is 6.67. The summed E-state index contributed by atoms with van der Waals surface area (Å²) in [5.41, 5.74) is 0. The molecule has 1 heterocycles. The predicted molar refractivity (Wildman–Crippen MR) is 75.8 cm³/mol. The van der Waals surface area contributed by atoms with Gasteiger partial charge >= 0.3 is 0 Å². The highest BCUT2D eigenvalue weighted by molar-refractivity contribution is 7.84. The van der Waals surface area contributed by atoms with Crippen molar-refractivity contribution < 1.29 is 4.21 Å². The summed E-state index contributed by atoms with van der Waals surface area (Å²) in [6.07, 6.45) is 4.24. The highest BCUT2D eigenvalue weighted by atomic mass is 32.2. The third-order valence-corrected chi connectivity index (χ3v) is 5.21. The Hall–Kier alpha value is 0.0700. The number of nitrogens with one attached hydrogen (secondary N) is 1. The first kappa shape index (κ1) is 15.1. The second kappa shape index (κ2) is 7.49. The van der Waals surface area contributed by atoms with E-state index in [1.807, 2.05) is 6.26 Å². The van der Waals surface area contributed by atoms with E-state index in [1.54, 1.807) is 0 Å². The summed E-state index contributed by atoms with van der Waals surface area (Å²) in [5.74, 6) is 0.720. The van der Waals surface area contributed by atoms with Crippen LogP contribution in [0, 0.1) is 5.92 Å². The Bertz CT molecular complexity index is 248. The molecular weight excluding hydrogens is 232 g/mol. The molecule has 4 atom stereocenters. The molecule has 1 fully saturated rings. The van der Waals surface area contributed by atoms with Crippen LogP contribution in [0.2, 0.25) is 0 Å². The minimum absolute atomic E-state index is 0.283. The zero-order chi connectivity index (χ0) is 12.8. The van der Waals surface area contributed by atoms with Crippen LogP contribution in [0.3, 0.4) is 0 Å². The largest absolute Gasteiger partial charge is 0.312 e. The third kappa shape index (κ3) is 5.06. The van der Waals surface area contributed by atoms with Gasteiger partial charge in [-0.2, -0.15) is 0 Å². The number of rotatable bonds is 5. The van der Waals surface area contributed by atoms with Gasteiger partial charge in [-0.25, -0.2) is 0 Å². The maximum Gasteiger partial charge on any atom is 0.0444 e. The summed E-state index contributed by atoms with van der Waals surface area (Å²) < 4.78 is 11.4. The smallest absolute Gasteiger partial charge is 0.0444 e. The van der Waals surface area contributed by atoms with Crippen molar-refractivity contribution in [2.75, 3.05) is 32.4 Å². The first-order valence-corrected chi connectivity index (χ1v) is 8.44. The zero-order valence-electron chi connectivity index (χ0n) is 11.7. The van der Waals surface area contributed by atoms with Gasteiger partial charge in [0, 0.05) is 41.4 Å². The molecule has 4 unspecified atom stereocenters. The molecule has 102 valence electrons. The Morgan fingerprint density at radius 3 is 2.76 bits per heavy atom. The van der Waals surface area contributed by atoms with Gasteiger partial charge in [0.2, 0.25) is 0 Å². The van der Waals surface area contributed by atoms with E-state index in [0.29, 0.717) is 6.04 Å². The topological polar surface area (TPSA) is 32.3 Å². The molecule has 0 aromatic rings. The van der Waals surface area contributed by atoms with Crippen molar-refractivity contribution in [2.45, 2.75) is 44.9 Å². The third-order valence-electron chi connectivity index (χ3n) is 3.93. The van der Waals surface area contributed by atoms with Gasteiger partial charge in [-0.15, -0.1) is 0 Å². The SMILES string of the molecule is CCC(C)C1CN(CC(C)S(C)=O)CCCN1. The summed E-state index contributed by atoms with van der Waals surface area (Å²) in [5, 5.41) is 3.93. The second-order valence-electron chi connectivity index (χ2n) is 5.37. The fourth-order valence-corrected chi connectivity index (χ4v) is 2.74. The van der Waals surface area contributed by atoms with Gasteiger partial charge in [0.25, 0.3) is 0 Å². The van der Waals surface area contributed by atoms with Gasteiger partial charge in [-0.3, -0.25) is 4.21 Å². The van der Waals surface area contributed by atoms with Gasteiger partial charge in [0.05, 0.1) is 0 Å². The van der Waals surface area contributed by atoms with E-state index in [-0.39, 0.29) is 5.25 Å². The molecule has 0 radical (unpaired) electrons. The minimum Gasteiger partial charge on any atom is -0.312 e. The fraction of sp³-hybridized carbons (Fsp3) is 1.00. The van der Waals surface area contributed by atoms with Crippen LogP contribution in [0.25, 0.3) is 0 Å². The first-order chi connectivity index (χ1) is 8.04. The first-order valence-electron chi connectivity index (χ1n) is 6.82. The van der Waals surface area contributed by atoms with E-state index < -0.39 is 10.8 Å². The predicted octanol–water partition coefficient (Wildman–Crippen LogP) is 1.46. The molecule has 0 amide bonds. The van der Waals surface area contributed by atoms with Gasteiger partial charge in [0.15, 0.2) is 0 Å². The molecule has 1 saturated heterocycles. The Labute approximate surface area is 109 Å². The number of hydrogen-bond donors (Lipinski definition) is 1. The normalized spacial score (nSPS) is 28.4. The van der Waals surface area contributed by atoms with E-state index in [4.69, 9.17) is 0 Å². The average Bonchev–Trinajstić information content (AvgIpc) is 2.53. The van der Waals surface area contributed by atoms with Crippen molar-refractivity contribution in [1.82, 2.24) is 10.2 Å². The van der Waals surface area contributed by atoms with Gasteiger partial charge < -0.3 is 10.2 Å². The number of nitrogens with zero attached hydrogens (tertiary/aromatic N) is 1. The lowest BCUT2D eigenvalue weighted by molar-refractivity contribution is 0.240. The molecular formula is C13H28N2OS. The molecule has 0 aromatic carbocycles. The summed E-state index contributed by atoms with van der Waals surface area (Å²) >= 11 is 0. The Morgan fingerprint density at radius 2 is 2.18 bits per heavy atom. The van der Waals surface area contributed by atoms with E-state index in [9.17, 15) is 4.21 Å². The quantitative estimate of drug-likeness (QED) is 0.812. The minimum atomic E-state index is -0.703. The number of hydrogen-bond acceptors (Lipinski definition) is 3. The molecule has 3 nitrogen and oxygen atoms in total. The molecule has 0 saturated carbocycles. The summed E-state index contributed by atoms with van der Waals surface area (Å²) in [4.78, 5) is 2.49. The zero-order valence-corrected chi connectivity index (χ0v) is 12.6. The van der Waals surface area contributed by atoms with Crippen LogP contribution in [0.15, 0.2) is 0 Å². The van der Waals surface area contributed by atoms with E-state index >= 15 is 0 Å². The highest BCUT2D eigenvalue weighted by Gasteiger charge is 2.23. The molecule has 1 rings (SSSR count). The molecule has 4 heteroatoms. The maximum absolute atomic E-state index is 11.4. The Morgan fingerprint density at radius 1 is 1.47 bits per heavy atom. The van der Waals surface area contributed by atoms with E-state index in [1.165, 1.54) is 12.8 Å². The van der Waals surface area contributed by atoms with Crippen LogP contribution in [-0.4, -0.2) is 52.8 Å². The fourth-order valence-electron chi connectivity index (χ4n) is 2.32. The molecule has 0 bridgehead atoms. The lowest BCUT2D eigenvalue weighted by Gasteiger charge is -2.29. The van der Waals surface area contributed by atoms with Crippen LogP contribution < -0.4 is 5.32 Å². The lowest BCUT2D eigenvalue weighted by atomic mass is 9.99. The highest BCUT2D eigenvalue weighted by Crippen LogP contribution is 2.13. The van der Waals surface area contributed by atoms with Crippen molar-refractivity contribution in [3.63, 3.8) is 0 Å². The van der Waals surface area contributed by atoms with Crippen LogP contribution in [-0.2, 0) is 10.8 Å². The van der Waals surface area contributed by atoms with E-state index in [0.717, 1.165) is 32.1 Å². The molecule has 0 aliphatic carbocycles. The van der Waals surface area contributed by atoms with Crippen LogP contribution in [0.5, 0.6) is 0 Å². The standard InChI is InChI=1S/C13H28N2OS/c1-5-11(2)13-10-15(8-6-7-14-13)9-12(3)17(4)16/h11-14H,5-10H2,1-4H3. The summed E-state index contributed by atoms with van der Waals surface area (Å²) in [7, 11) is -0.703. The van der Waals surface area contributed by atoms with Crippen molar-refractivity contribution in [1.29, 1.82) is 0 Å². The average molecular weight is 260 g/mol. The van der Waals surface area contributed by atoms with Crippen molar-refractivity contribution in [3.8, 4) is 0 Å². The lowest BCUT2D eigenvalue weighted by Crippen LogP contribution is -2.44. The summed E-state index contributed by atoms with van der Waals surface area (Å²) in [6, 6.07) is 0.597. The summed E-state index contributed by atoms with van der Waals surface area (Å²) in [6.45, 7) is 11.0. The maximum atomic E-state index is 11.4. The molecule has 17 heavy (non-hydrogen) atoms.